The third kappa shape index (κ3) is 3.53. The van der Waals surface area contributed by atoms with Gasteiger partial charge in [-0.15, -0.1) is 0 Å². The minimum atomic E-state index is 0.151. The monoisotopic (exact) mass is 233 g/mol. The van der Waals surface area contributed by atoms with Crippen LogP contribution in [0.2, 0.25) is 0 Å². The van der Waals surface area contributed by atoms with Crippen molar-refractivity contribution in [3.63, 3.8) is 0 Å². The predicted octanol–water partition coefficient (Wildman–Crippen LogP) is 1.40. The number of carbonyl (C=O) groups is 1. The third-order valence-electron chi connectivity index (χ3n) is 3.15. The van der Waals surface area contributed by atoms with Gasteiger partial charge in [-0.25, -0.2) is 0 Å². The lowest BCUT2D eigenvalue weighted by Gasteiger charge is -2.21. The Morgan fingerprint density at radius 2 is 2.47 bits per heavy atom. The summed E-state index contributed by atoms with van der Waals surface area (Å²) >= 11 is 0. The summed E-state index contributed by atoms with van der Waals surface area (Å²) in [6, 6.07) is 4.50. The number of carbonyl (C=O) groups excluding carboxylic acids is 1. The lowest BCUT2D eigenvalue weighted by Crippen LogP contribution is -2.34. The summed E-state index contributed by atoms with van der Waals surface area (Å²) in [5, 5.41) is 6.40. The number of rotatable bonds is 3. The maximum atomic E-state index is 11.4. The van der Waals surface area contributed by atoms with Crippen molar-refractivity contribution in [2.75, 3.05) is 6.54 Å². The van der Waals surface area contributed by atoms with Gasteiger partial charge in [0.25, 0.3) is 0 Å². The molecule has 1 fully saturated rings. The molecule has 1 aromatic heterocycles. The first-order valence-electron chi connectivity index (χ1n) is 6.18. The topological polar surface area (TPSA) is 54.0 Å². The molecule has 0 spiro atoms. The SMILES string of the molecule is C[C@H](NC1CCCNC(=O)C1)c1cccnc1. The van der Waals surface area contributed by atoms with Gasteiger partial charge in [0.05, 0.1) is 0 Å². The van der Waals surface area contributed by atoms with Crippen LogP contribution >= 0.6 is 0 Å². The highest BCUT2D eigenvalue weighted by Crippen LogP contribution is 2.15. The van der Waals surface area contributed by atoms with Crippen LogP contribution in [0, 0.1) is 0 Å². The van der Waals surface area contributed by atoms with Gasteiger partial charge in [0.15, 0.2) is 0 Å². The van der Waals surface area contributed by atoms with Gasteiger partial charge in [-0.1, -0.05) is 6.07 Å². The van der Waals surface area contributed by atoms with Crippen molar-refractivity contribution in [1.29, 1.82) is 0 Å². The fraction of sp³-hybridized carbons (Fsp3) is 0.538. The molecule has 2 N–H and O–H groups in total. The number of hydrogen-bond donors (Lipinski definition) is 2. The maximum Gasteiger partial charge on any atom is 0.221 e. The molecule has 0 bridgehead atoms. The molecule has 2 atom stereocenters. The molecule has 1 aromatic rings. The lowest BCUT2D eigenvalue weighted by atomic mass is 10.1. The molecular weight excluding hydrogens is 214 g/mol. The second-order valence-corrected chi connectivity index (χ2v) is 4.57. The highest BCUT2D eigenvalue weighted by molar-refractivity contribution is 5.76. The zero-order valence-corrected chi connectivity index (χ0v) is 10.1. The lowest BCUT2D eigenvalue weighted by molar-refractivity contribution is -0.121. The van der Waals surface area contributed by atoms with E-state index in [1.807, 2.05) is 12.3 Å². The Morgan fingerprint density at radius 3 is 3.24 bits per heavy atom. The number of aromatic nitrogens is 1. The van der Waals surface area contributed by atoms with E-state index in [4.69, 9.17) is 0 Å². The average Bonchev–Trinajstić information content (AvgIpc) is 2.55. The summed E-state index contributed by atoms with van der Waals surface area (Å²) in [7, 11) is 0. The maximum absolute atomic E-state index is 11.4. The normalized spacial score (nSPS) is 22.6. The quantitative estimate of drug-likeness (QED) is 0.829. The van der Waals surface area contributed by atoms with Gasteiger partial charge in [-0.2, -0.15) is 0 Å². The molecule has 0 aromatic carbocycles. The summed E-state index contributed by atoms with van der Waals surface area (Å²) in [5.41, 5.74) is 1.16. The summed E-state index contributed by atoms with van der Waals surface area (Å²) < 4.78 is 0. The van der Waals surface area contributed by atoms with Gasteiger partial charge in [0.2, 0.25) is 5.91 Å². The number of nitrogens with one attached hydrogen (secondary N) is 2. The summed E-state index contributed by atoms with van der Waals surface area (Å²) in [4.78, 5) is 15.6. The Hall–Kier alpha value is -1.42. The Morgan fingerprint density at radius 1 is 1.59 bits per heavy atom. The van der Waals surface area contributed by atoms with Gasteiger partial charge in [-0.3, -0.25) is 9.78 Å². The van der Waals surface area contributed by atoms with Crippen molar-refractivity contribution >= 4 is 5.91 Å². The molecule has 1 unspecified atom stereocenters. The molecule has 1 amide bonds. The van der Waals surface area contributed by atoms with E-state index in [2.05, 4.69) is 28.6 Å². The minimum Gasteiger partial charge on any atom is -0.356 e. The van der Waals surface area contributed by atoms with Crippen LogP contribution in [0.25, 0.3) is 0 Å². The first-order chi connectivity index (χ1) is 8.25. The Kier molecular flexibility index (Phi) is 4.09. The van der Waals surface area contributed by atoms with Crippen LogP contribution in [0.3, 0.4) is 0 Å². The molecule has 2 heterocycles. The van der Waals surface area contributed by atoms with E-state index in [9.17, 15) is 4.79 Å². The Bertz CT molecular complexity index is 366. The van der Waals surface area contributed by atoms with E-state index < -0.39 is 0 Å². The molecule has 1 aliphatic heterocycles. The Balaban J connectivity index is 1.93. The number of pyridine rings is 1. The van der Waals surface area contributed by atoms with E-state index >= 15 is 0 Å². The smallest absolute Gasteiger partial charge is 0.221 e. The molecule has 0 saturated carbocycles. The molecule has 2 rings (SSSR count). The van der Waals surface area contributed by atoms with Gasteiger partial charge in [0.1, 0.15) is 0 Å². The van der Waals surface area contributed by atoms with Crippen LogP contribution in [0.1, 0.15) is 37.8 Å². The van der Waals surface area contributed by atoms with Crippen molar-refractivity contribution in [1.82, 2.24) is 15.6 Å². The molecule has 0 aliphatic carbocycles. The van der Waals surface area contributed by atoms with Gasteiger partial charge in [-0.05, 0) is 31.4 Å². The molecule has 92 valence electrons. The summed E-state index contributed by atoms with van der Waals surface area (Å²) in [6.45, 7) is 2.91. The van der Waals surface area contributed by atoms with Crippen molar-refractivity contribution in [3.8, 4) is 0 Å². The molecule has 1 saturated heterocycles. The molecule has 4 heteroatoms. The van der Waals surface area contributed by atoms with Crippen LogP contribution in [0.5, 0.6) is 0 Å². The first kappa shape index (κ1) is 12.0. The summed E-state index contributed by atoms with van der Waals surface area (Å²) in [5.74, 6) is 0.151. The minimum absolute atomic E-state index is 0.151. The second-order valence-electron chi connectivity index (χ2n) is 4.57. The molecular formula is C13H19N3O. The van der Waals surface area contributed by atoms with Crippen molar-refractivity contribution < 1.29 is 4.79 Å². The van der Waals surface area contributed by atoms with Crippen molar-refractivity contribution in [3.05, 3.63) is 30.1 Å². The van der Waals surface area contributed by atoms with E-state index in [0.29, 0.717) is 6.42 Å². The molecule has 17 heavy (non-hydrogen) atoms. The first-order valence-corrected chi connectivity index (χ1v) is 6.18. The van der Waals surface area contributed by atoms with Crippen LogP contribution in [0.15, 0.2) is 24.5 Å². The fourth-order valence-electron chi connectivity index (χ4n) is 2.20. The average molecular weight is 233 g/mol. The van der Waals surface area contributed by atoms with Crippen LogP contribution in [-0.2, 0) is 4.79 Å². The third-order valence-corrected chi connectivity index (χ3v) is 3.15. The highest BCUT2D eigenvalue weighted by Gasteiger charge is 2.19. The molecule has 4 nitrogen and oxygen atoms in total. The van der Waals surface area contributed by atoms with Gasteiger partial charge < -0.3 is 10.6 Å². The van der Waals surface area contributed by atoms with E-state index in [1.165, 1.54) is 0 Å². The molecule has 0 radical (unpaired) electrons. The fourth-order valence-corrected chi connectivity index (χ4v) is 2.20. The summed E-state index contributed by atoms with van der Waals surface area (Å²) in [6.07, 6.45) is 6.31. The zero-order valence-electron chi connectivity index (χ0n) is 10.1. The zero-order chi connectivity index (χ0) is 12.1. The number of amides is 1. The van der Waals surface area contributed by atoms with E-state index in [0.717, 1.165) is 24.9 Å². The number of hydrogen-bond acceptors (Lipinski definition) is 3. The van der Waals surface area contributed by atoms with Crippen LogP contribution in [0.4, 0.5) is 0 Å². The second kappa shape index (κ2) is 5.77. The molecule has 1 aliphatic rings. The van der Waals surface area contributed by atoms with Gasteiger partial charge >= 0.3 is 0 Å². The van der Waals surface area contributed by atoms with E-state index in [1.54, 1.807) is 6.20 Å². The van der Waals surface area contributed by atoms with Gasteiger partial charge in [0, 0.05) is 37.4 Å². The van der Waals surface area contributed by atoms with E-state index in [-0.39, 0.29) is 18.0 Å². The van der Waals surface area contributed by atoms with Crippen molar-refractivity contribution in [2.24, 2.45) is 0 Å². The Labute approximate surface area is 102 Å². The van der Waals surface area contributed by atoms with Crippen LogP contribution in [-0.4, -0.2) is 23.5 Å². The van der Waals surface area contributed by atoms with Crippen molar-refractivity contribution in [2.45, 2.75) is 38.3 Å². The largest absolute Gasteiger partial charge is 0.356 e. The van der Waals surface area contributed by atoms with Crippen LogP contribution < -0.4 is 10.6 Å². The highest BCUT2D eigenvalue weighted by atomic mass is 16.1. The number of nitrogens with zero attached hydrogens (tertiary/aromatic N) is 1. The predicted molar refractivity (Wildman–Crippen MR) is 66.4 cm³/mol. The standard InChI is InChI=1S/C13H19N3O/c1-10(11-4-2-6-14-9-11)16-12-5-3-7-15-13(17)8-12/h2,4,6,9-10,12,16H,3,5,7-8H2,1H3,(H,15,17)/t10-,12?/m0/s1.